The van der Waals surface area contributed by atoms with Crippen LogP contribution in [-0.2, 0) is 6.54 Å². The molecule has 1 N–H and O–H groups in total. The van der Waals surface area contributed by atoms with E-state index in [1.165, 1.54) is 24.9 Å². The van der Waals surface area contributed by atoms with E-state index in [2.05, 4.69) is 45.2 Å². The Morgan fingerprint density at radius 2 is 2.12 bits per heavy atom. The van der Waals surface area contributed by atoms with Gasteiger partial charge in [0.1, 0.15) is 0 Å². The fourth-order valence-electron chi connectivity index (χ4n) is 3.26. The molecule has 24 heavy (non-hydrogen) atoms. The van der Waals surface area contributed by atoms with Crippen LogP contribution in [0, 0.1) is 0 Å². The van der Waals surface area contributed by atoms with Crippen LogP contribution in [0.3, 0.4) is 0 Å². The minimum Gasteiger partial charge on any atom is -0.490 e. The number of hydrogen-bond acceptors (Lipinski definition) is 4. The van der Waals surface area contributed by atoms with Crippen molar-refractivity contribution in [3.8, 4) is 11.5 Å². The van der Waals surface area contributed by atoms with E-state index in [-0.39, 0.29) is 6.10 Å². The minimum absolute atomic E-state index is 0.117. The molecule has 0 aliphatic carbocycles. The van der Waals surface area contributed by atoms with Crippen molar-refractivity contribution in [2.45, 2.75) is 59.2 Å². The minimum atomic E-state index is 0.117. The molecule has 1 aliphatic heterocycles. The molecule has 0 bridgehead atoms. The van der Waals surface area contributed by atoms with Gasteiger partial charge in [0.05, 0.1) is 17.2 Å². The van der Waals surface area contributed by atoms with Crippen LogP contribution in [0.25, 0.3) is 0 Å². The van der Waals surface area contributed by atoms with E-state index in [1.54, 1.807) is 0 Å². The van der Waals surface area contributed by atoms with E-state index in [9.17, 15) is 0 Å². The second-order valence-electron chi connectivity index (χ2n) is 6.56. The fraction of sp³-hybridized carbons (Fsp3) is 0.684. The third kappa shape index (κ3) is 5.36. The average Bonchev–Trinajstić information content (AvgIpc) is 2.98. The van der Waals surface area contributed by atoms with Gasteiger partial charge in [-0.2, -0.15) is 0 Å². The molecule has 4 nitrogen and oxygen atoms in total. The molecule has 1 fully saturated rings. The normalized spacial score (nSPS) is 18.3. The quantitative estimate of drug-likeness (QED) is 0.675. The van der Waals surface area contributed by atoms with E-state index >= 15 is 0 Å². The number of hydrogen-bond donors (Lipinski definition) is 1. The molecule has 0 radical (unpaired) electrons. The van der Waals surface area contributed by atoms with E-state index in [4.69, 9.17) is 9.47 Å². The van der Waals surface area contributed by atoms with Gasteiger partial charge < -0.3 is 14.8 Å². The zero-order chi connectivity index (χ0) is 17.5. The first-order chi connectivity index (χ1) is 11.5. The van der Waals surface area contributed by atoms with E-state index < -0.39 is 0 Å². The summed E-state index contributed by atoms with van der Waals surface area (Å²) in [4.78, 5) is 2.56. The van der Waals surface area contributed by atoms with Crippen molar-refractivity contribution in [1.82, 2.24) is 10.2 Å². The summed E-state index contributed by atoms with van der Waals surface area (Å²) in [5.74, 6) is 1.61. The van der Waals surface area contributed by atoms with Gasteiger partial charge in [-0.15, -0.1) is 0 Å². The van der Waals surface area contributed by atoms with Crippen LogP contribution in [0.5, 0.6) is 11.5 Å². The van der Waals surface area contributed by atoms with Crippen molar-refractivity contribution in [3.05, 3.63) is 22.2 Å². The highest BCUT2D eigenvalue weighted by Crippen LogP contribution is 2.37. The number of halogens is 1. The Hall–Kier alpha value is -0.780. The summed E-state index contributed by atoms with van der Waals surface area (Å²) in [5.41, 5.74) is 1.21. The molecule has 136 valence electrons. The number of likely N-dealkylation sites (tertiary alicyclic amines) is 1. The van der Waals surface area contributed by atoms with E-state index in [0.29, 0.717) is 12.6 Å². The standard InChI is InChI=1S/C19H31BrN2O2/c1-5-22-9-7-8-16(22)13-21-12-15-10-17(20)19(24-14(3)4)18(11-15)23-6-2/h10-11,14,16,21H,5-9,12-13H2,1-4H3/t16-/m0/s1. The molecular weight excluding hydrogens is 368 g/mol. The SMILES string of the molecule is CCOc1cc(CNC[C@@H]2CCCN2CC)cc(Br)c1OC(C)C. The van der Waals surface area contributed by atoms with Crippen molar-refractivity contribution in [1.29, 1.82) is 0 Å². The first-order valence-electron chi connectivity index (χ1n) is 9.11. The van der Waals surface area contributed by atoms with Crippen molar-refractivity contribution in [2.75, 3.05) is 26.2 Å². The Labute approximate surface area is 155 Å². The maximum absolute atomic E-state index is 5.90. The molecule has 2 rings (SSSR count). The van der Waals surface area contributed by atoms with Crippen LogP contribution in [0.15, 0.2) is 16.6 Å². The molecule has 0 unspecified atom stereocenters. The predicted octanol–water partition coefficient (Wildman–Crippen LogP) is 4.21. The topological polar surface area (TPSA) is 33.7 Å². The molecule has 5 heteroatoms. The van der Waals surface area contributed by atoms with Crippen LogP contribution in [0.4, 0.5) is 0 Å². The molecule has 1 atom stereocenters. The van der Waals surface area contributed by atoms with Crippen molar-refractivity contribution >= 4 is 15.9 Å². The summed E-state index contributed by atoms with van der Waals surface area (Å²) in [6.45, 7) is 13.2. The van der Waals surface area contributed by atoms with Crippen LogP contribution in [0.2, 0.25) is 0 Å². The maximum atomic E-state index is 5.90. The van der Waals surface area contributed by atoms with Gasteiger partial charge in [-0.05, 0) is 80.3 Å². The lowest BCUT2D eigenvalue weighted by Gasteiger charge is -2.23. The van der Waals surface area contributed by atoms with Crippen molar-refractivity contribution < 1.29 is 9.47 Å². The van der Waals surface area contributed by atoms with Crippen LogP contribution >= 0.6 is 15.9 Å². The average molecular weight is 399 g/mol. The third-order valence-corrected chi connectivity index (χ3v) is 4.93. The lowest BCUT2D eigenvalue weighted by Crippen LogP contribution is -2.37. The molecule has 0 spiro atoms. The number of nitrogens with one attached hydrogen (secondary N) is 1. The highest BCUT2D eigenvalue weighted by molar-refractivity contribution is 9.10. The number of ether oxygens (including phenoxy) is 2. The molecule has 1 aromatic rings. The monoisotopic (exact) mass is 398 g/mol. The van der Waals surface area contributed by atoms with Gasteiger partial charge in [0.25, 0.3) is 0 Å². The maximum Gasteiger partial charge on any atom is 0.175 e. The van der Waals surface area contributed by atoms with Crippen LogP contribution < -0.4 is 14.8 Å². The molecule has 1 saturated heterocycles. The third-order valence-electron chi connectivity index (χ3n) is 4.34. The Bertz CT molecular complexity index is 522. The highest BCUT2D eigenvalue weighted by Gasteiger charge is 2.22. The van der Waals surface area contributed by atoms with Gasteiger partial charge in [-0.1, -0.05) is 6.92 Å². The Kier molecular flexibility index (Phi) is 7.85. The zero-order valence-electron chi connectivity index (χ0n) is 15.4. The predicted molar refractivity (Wildman–Crippen MR) is 103 cm³/mol. The van der Waals surface area contributed by atoms with Crippen molar-refractivity contribution in [2.24, 2.45) is 0 Å². The Morgan fingerprint density at radius 1 is 1.33 bits per heavy atom. The fourth-order valence-corrected chi connectivity index (χ4v) is 3.85. The smallest absolute Gasteiger partial charge is 0.175 e. The molecule has 1 heterocycles. The largest absolute Gasteiger partial charge is 0.490 e. The van der Waals surface area contributed by atoms with Gasteiger partial charge in [-0.25, -0.2) is 0 Å². The summed E-state index contributed by atoms with van der Waals surface area (Å²) in [6, 6.07) is 4.89. The second-order valence-corrected chi connectivity index (χ2v) is 7.41. The number of rotatable bonds is 9. The van der Waals surface area contributed by atoms with Crippen LogP contribution in [0.1, 0.15) is 46.1 Å². The van der Waals surface area contributed by atoms with Gasteiger partial charge >= 0.3 is 0 Å². The van der Waals surface area contributed by atoms with Gasteiger partial charge in [0.2, 0.25) is 0 Å². The zero-order valence-corrected chi connectivity index (χ0v) is 17.0. The van der Waals surface area contributed by atoms with Gasteiger partial charge in [0.15, 0.2) is 11.5 Å². The lowest BCUT2D eigenvalue weighted by atomic mass is 10.1. The number of nitrogens with zero attached hydrogens (tertiary/aromatic N) is 1. The van der Waals surface area contributed by atoms with Crippen LogP contribution in [-0.4, -0.2) is 43.3 Å². The van der Waals surface area contributed by atoms with Gasteiger partial charge in [-0.3, -0.25) is 4.90 Å². The summed E-state index contributed by atoms with van der Waals surface area (Å²) < 4.78 is 12.6. The summed E-state index contributed by atoms with van der Waals surface area (Å²) in [5, 5.41) is 3.61. The Morgan fingerprint density at radius 3 is 2.79 bits per heavy atom. The summed E-state index contributed by atoms with van der Waals surface area (Å²) >= 11 is 3.63. The molecule has 1 aliphatic rings. The summed E-state index contributed by atoms with van der Waals surface area (Å²) in [7, 11) is 0. The Balaban J connectivity index is 1.99. The van der Waals surface area contributed by atoms with E-state index in [0.717, 1.165) is 35.6 Å². The highest BCUT2D eigenvalue weighted by atomic mass is 79.9. The van der Waals surface area contributed by atoms with Crippen molar-refractivity contribution in [3.63, 3.8) is 0 Å². The first kappa shape index (κ1) is 19.5. The number of benzene rings is 1. The molecule has 0 saturated carbocycles. The molecule has 1 aromatic carbocycles. The summed E-state index contributed by atoms with van der Waals surface area (Å²) in [6.07, 6.45) is 2.74. The first-order valence-corrected chi connectivity index (χ1v) is 9.91. The second kappa shape index (κ2) is 9.64. The molecule has 0 aromatic heterocycles. The molecular formula is C19H31BrN2O2. The van der Waals surface area contributed by atoms with Gasteiger partial charge in [0, 0.05) is 19.1 Å². The molecule has 0 amide bonds. The number of likely N-dealkylation sites (N-methyl/N-ethyl adjacent to an activating group) is 1. The lowest BCUT2D eigenvalue weighted by molar-refractivity contribution is 0.222. The van der Waals surface area contributed by atoms with E-state index in [1.807, 2.05) is 20.8 Å².